The SMILES string of the molecule is NN1C=Cc2ccccc2S1=O. The first-order valence-corrected chi connectivity index (χ1v) is 4.63. The molecule has 62 valence electrons. The Bertz CT molecular complexity index is 362. The van der Waals surface area contributed by atoms with E-state index < -0.39 is 11.0 Å². The molecule has 2 N–H and O–H groups in total. The van der Waals surface area contributed by atoms with Crippen LogP contribution in [-0.2, 0) is 11.0 Å². The van der Waals surface area contributed by atoms with Crippen molar-refractivity contribution in [2.45, 2.75) is 4.90 Å². The number of fused-ring (bicyclic) bond motifs is 1. The Morgan fingerprint density at radius 1 is 1.33 bits per heavy atom. The van der Waals surface area contributed by atoms with Gasteiger partial charge in [0.05, 0.1) is 4.90 Å². The summed E-state index contributed by atoms with van der Waals surface area (Å²) in [7, 11) is -1.24. The second-order valence-electron chi connectivity index (χ2n) is 2.46. The fourth-order valence-electron chi connectivity index (χ4n) is 1.10. The maximum Gasteiger partial charge on any atom is 0.167 e. The minimum absolute atomic E-state index is 0.766. The van der Waals surface area contributed by atoms with Gasteiger partial charge in [0, 0.05) is 6.20 Å². The van der Waals surface area contributed by atoms with E-state index in [0.29, 0.717) is 0 Å². The number of hydrazine groups is 1. The lowest BCUT2D eigenvalue weighted by Gasteiger charge is -2.18. The molecule has 1 atom stereocenters. The zero-order valence-electron chi connectivity index (χ0n) is 6.31. The first-order chi connectivity index (χ1) is 5.79. The van der Waals surface area contributed by atoms with E-state index in [1.54, 1.807) is 6.20 Å². The summed E-state index contributed by atoms with van der Waals surface area (Å²) >= 11 is 0. The highest BCUT2D eigenvalue weighted by molar-refractivity contribution is 7.82. The van der Waals surface area contributed by atoms with Gasteiger partial charge in [-0.2, -0.15) is 0 Å². The third kappa shape index (κ3) is 1.05. The van der Waals surface area contributed by atoms with Gasteiger partial charge in [0.2, 0.25) is 0 Å². The van der Waals surface area contributed by atoms with Crippen molar-refractivity contribution in [2.75, 3.05) is 0 Å². The number of hydrogen-bond acceptors (Lipinski definition) is 2. The Balaban J connectivity index is 2.59. The second kappa shape index (κ2) is 2.73. The van der Waals surface area contributed by atoms with Crippen LogP contribution < -0.4 is 5.84 Å². The minimum Gasteiger partial charge on any atom is -0.236 e. The average Bonchev–Trinajstić information content (AvgIpc) is 2.12. The third-order valence-electron chi connectivity index (χ3n) is 1.70. The Morgan fingerprint density at radius 3 is 2.92 bits per heavy atom. The molecule has 0 radical (unpaired) electrons. The van der Waals surface area contributed by atoms with Crippen LogP contribution in [0.4, 0.5) is 0 Å². The molecule has 0 saturated carbocycles. The number of hydrogen-bond donors (Lipinski definition) is 1. The van der Waals surface area contributed by atoms with E-state index >= 15 is 0 Å². The molecule has 1 aromatic rings. The molecule has 1 aliphatic rings. The molecule has 0 saturated heterocycles. The standard InChI is InChI=1S/C8H8N2OS/c9-10-6-5-7-3-1-2-4-8(7)12(10)11/h1-6H,9H2. The van der Waals surface area contributed by atoms with E-state index in [4.69, 9.17) is 5.84 Å². The van der Waals surface area contributed by atoms with Crippen molar-refractivity contribution < 1.29 is 4.21 Å². The molecule has 4 heteroatoms. The summed E-state index contributed by atoms with van der Waals surface area (Å²) in [5, 5.41) is 0. The van der Waals surface area contributed by atoms with Crippen molar-refractivity contribution in [3.8, 4) is 0 Å². The Hall–Kier alpha value is -1.13. The summed E-state index contributed by atoms with van der Waals surface area (Å²) < 4.78 is 12.7. The second-order valence-corrected chi connectivity index (χ2v) is 3.82. The van der Waals surface area contributed by atoms with Crippen LogP contribution in [0.2, 0.25) is 0 Å². The van der Waals surface area contributed by atoms with Gasteiger partial charge in [0.25, 0.3) is 0 Å². The lowest BCUT2D eigenvalue weighted by Crippen LogP contribution is -2.29. The number of rotatable bonds is 0. The maximum atomic E-state index is 11.5. The summed E-state index contributed by atoms with van der Waals surface area (Å²) in [6.45, 7) is 0. The molecular weight excluding hydrogens is 172 g/mol. The van der Waals surface area contributed by atoms with Gasteiger partial charge in [-0.1, -0.05) is 18.2 Å². The van der Waals surface area contributed by atoms with Crippen molar-refractivity contribution >= 4 is 17.1 Å². The van der Waals surface area contributed by atoms with Gasteiger partial charge < -0.3 is 0 Å². The summed E-state index contributed by atoms with van der Waals surface area (Å²) in [4.78, 5) is 0.766. The van der Waals surface area contributed by atoms with E-state index in [9.17, 15) is 4.21 Å². The molecule has 1 unspecified atom stereocenters. The van der Waals surface area contributed by atoms with Crippen LogP contribution >= 0.6 is 0 Å². The van der Waals surface area contributed by atoms with Gasteiger partial charge >= 0.3 is 0 Å². The topological polar surface area (TPSA) is 46.3 Å². The van der Waals surface area contributed by atoms with Crippen molar-refractivity contribution in [3.05, 3.63) is 36.0 Å². The van der Waals surface area contributed by atoms with Gasteiger partial charge in [-0.05, 0) is 17.7 Å². The highest BCUT2D eigenvalue weighted by Crippen LogP contribution is 2.20. The van der Waals surface area contributed by atoms with E-state index in [2.05, 4.69) is 0 Å². The fourth-order valence-corrected chi connectivity index (χ4v) is 2.03. The molecule has 0 amide bonds. The lowest BCUT2D eigenvalue weighted by atomic mass is 10.2. The summed E-state index contributed by atoms with van der Waals surface area (Å²) in [5.41, 5.74) is 0.970. The quantitative estimate of drug-likeness (QED) is 0.602. The molecular formula is C8H8N2OS. The summed E-state index contributed by atoms with van der Waals surface area (Å²) in [6, 6.07) is 7.49. The van der Waals surface area contributed by atoms with Crippen molar-refractivity contribution in [1.82, 2.24) is 4.41 Å². The molecule has 3 nitrogen and oxygen atoms in total. The zero-order chi connectivity index (χ0) is 8.55. The summed E-state index contributed by atoms with van der Waals surface area (Å²) in [6.07, 6.45) is 3.45. The van der Waals surface area contributed by atoms with E-state index in [1.165, 1.54) is 4.41 Å². The molecule has 0 fully saturated rings. The van der Waals surface area contributed by atoms with Crippen LogP contribution in [0.15, 0.2) is 35.4 Å². The molecule has 1 aromatic carbocycles. The number of benzene rings is 1. The van der Waals surface area contributed by atoms with Crippen LogP contribution in [0.5, 0.6) is 0 Å². The lowest BCUT2D eigenvalue weighted by molar-refractivity contribution is 0.587. The van der Waals surface area contributed by atoms with Crippen molar-refractivity contribution in [1.29, 1.82) is 0 Å². The fraction of sp³-hybridized carbons (Fsp3) is 0. The predicted molar refractivity (Wildman–Crippen MR) is 47.9 cm³/mol. The third-order valence-corrected chi connectivity index (χ3v) is 2.95. The normalized spacial score (nSPS) is 20.8. The van der Waals surface area contributed by atoms with Crippen LogP contribution in [0.3, 0.4) is 0 Å². The number of nitrogens with zero attached hydrogens (tertiary/aromatic N) is 1. The Labute approximate surface area is 73.0 Å². The molecule has 0 aromatic heterocycles. The van der Waals surface area contributed by atoms with Crippen LogP contribution in [0.25, 0.3) is 6.08 Å². The van der Waals surface area contributed by atoms with E-state index in [0.717, 1.165) is 10.5 Å². The molecule has 1 heterocycles. The molecule has 0 aliphatic carbocycles. The Morgan fingerprint density at radius 2 is 2.08 bits per heavy atom. The van der Waals surface area contributed by atoms with Gasteiger partial charge in [0.1, 0.15) is 0 Å². The smallest absolute Gasteiger partial charge is 0.167 e. The van der Waals surface area contributed by atoms with Crippen molar-refractivity contribution in [2.24, 2.45) is 5.84 Å². The molecule has 1 aliphatic heterocycles. The summed E-state index contributed by atoms with van der Waals surface area (Å²) in [5.74, 6) is 5.44. The van der Waals surface area contributed by atoms with Gasteiger partial charge in [-0.25, -0.2) is 14.5 Å². The molecule has 0 bridgehead atoms. The minimum atomic E-state index is -1.24. The average molecular weight is 180 g/mol. The Kier molecular flexibility index (Phi) is 1.71. The molecule has 0 spiro atoms. The van der Waals surface area contributed by atoms with Gasteiger partial charge in [-0.15, -0.1) is 0 Å². The number of nitrogens with two attached hydrogens (primary N) is 1. The van der Waals surface area contributed by atoms with E-state index in [1.807, 2.05) is 30.3 Å². The highest BCUT2D eigenvalue weighted by Gasteiger charge is 2.14. The van der Waals surface area contributed by atoms with Gasteiger partial charge in [0.15, 0.2) is 11.0 Å². The van der Waals surface area contributed by atoms with Crippen LogP contribution in [-0.4, -0.2) is 8.62 Å². The van der Waals surface area contributed by atoms with E-state index in [-0.39, 0.29) is 0 Å². The van der Waals surface area contributed by atoms with Crippen LogP contribution in [0, 0.1) is 0 Å². The van der Waals surface area contributed by atoms with Crippen LogP contribution in [0.1, 0.15) is 5.56 Å². The molecule has 12 heavy (non-hydrogen) atoms. The van der Waals surface area contributed by atoms with Crippen molar-refractivity contribution in [3.63, 3.8) is 0 Å². The monoisotopic (exact) mass is 180 g/mol. The largest absolute Gasteiger partial charge is 0.236 e. The first-order valence-electron chi connectivity index (χ1n) is 3.52. The van der Waals surface area contributed by atoms with Gasteiger partial charge in [-0.3, -0.25) is 0 Å². The maximum absolute atomic E-state index is 11.5. The predicted octanol–water partition coefficient (Wildman–Crippen LogP) is 0.869. The first kappa shape index (κ1) is 7.52. The zero-order valence-corrected chi connectivity index (χ0v) is 7.12. The molecule has 2 rings (SSSR count). The highest BCUT2D eigenvalue weighted by atomic mass is 32.2.